The highest BCUT2D eigenvalue weighted by Gasteiger charge is 2.15. The Morgan fingerprint density at radius 3 is 2.71 bits per heavy atom. The number of nitrogens with zero attached hydrogens (tertiary/aromatic N) is 3. The highest BCUT2D eigenvalue weighted by molar-refractivity contribution is 6.03. The van der Waals surface area contributed by atoms with Crippen molar-refractivity contribution in [2.45, 2.75) is 13.5 Å². The fourth-order valence-electron chi connectivity index (χ4n) is 2.50. The summed E-state index contributed by atoms with van der Waals surface area (Å²) >= 11 is 0. The predicted octanol–water partition coefficient (Wildman–Crippen LogP) is 3.94. The van der Waals surface area contributed by atoms with Crippen LogP contribution in [-0.2, 0) is 0 Å². The summed E-state index contributed by atoms with van der Waals surface area (Å²) in [6.07, 6.45) is 1.48. The molecular weight excluding hydrogens is 374 g/mol. The summed E-state index contributed by atoms with van der Waals surface area (Å²) in [6.45, 7) is -1.44. The van der Waals surface area contributed by atoms with Gasteiger partial charge >= 0.3 is 6.61 Å². The lowest BCUT2D eigenvalue weighted by atomic mass is 10.1. The summed E-state index contributed by atoms with van der Waals surface area (Å²) in [5, 5.41) is 17.6. The van der Waals surface area contributed by atoms with Crippen LogP contribution in [0.5, 0.6) is 5.75 Å². The number of non-ortho nitro benzene ring substituents is 1. The molecule has 0 atom stereocenters. The number of ether oxygens (including phenoxy) is 1. The molecule has 144 valence electrons. The van der Waals surface area contributed by atoms with Crippen LogP contribution in [0.3, 0.4) is 0 Å². The molecule has 0 bridgehead atoms. The van der Waals surface area contributed by atoms with Crippen LogP contribution in [0.25, 0.3) is 5.69 Å². The predicted molar refractivity (Wildman–Crippen MR) is 96.0 cm³/mol. The summed E-state index contributed by atoms with van der Waals surface area (Å²) in [6, 6.07) is 11.6. The number of aromatic nitrogens is 2. The van der Waals surface area contributed by atoms with E-state index in [4.69, 9.17) is 0 Å². The van der Waals surface area contributed by atoms with Crippen LogP contribution in [0, 0.1) is 17.0 Å². The van der Waals surface area contributed by atoms with E-state index in [0.717, 1.165) is 0 Å². The van der Waals surface area contributed by atoms with Crippen molar-refractivity contribution < 1.29 is 23.2 Å². The van der Waals surface area contributed by atoms with Gasteiger partial charge < -0.3 is 10.1 Å². The molecule has 28 heavy (non-hydrogen) atoms. The first-order chi connectivity index (χ1) is 13.3. The van der Waals surface area contributed by atoms with Crippen LogP contribution in [0.1, 0.15) is 16.1 Å². The summed E-state index contributed by atoms with van der Waals surface area (Å²) in [7, 11) is 0. The maximum absolute atomic E-state index is 12.4. The molecule has 0 saturated carbocycles. The molecule has 0 spiro atoms. The van der Waals surface area contributed by atoms with E-state index in [1.54, 1.807) is 12.1 Å². The first kappa shape index (κ1) is 19.0. The number of carbonyl (C=O) groups is 1. The third-order valence-corrected chi connectivity index (χ3v) is 3.88. The number of benzene rings is 2. The Balaban J connectivity index is 1.80. The number of hydrogen-bond acceptors (Lipinski definition) is 5. The van der Waals surface area contributed by atoms with Gasteiger partial charge in [-0.2, -0.15) is 13.9 Å². The molecule has 3 rings (SSSR count). The topological polar surface area (TPSA) is 99.3 Å². The van der Waals surface area contributed by atoms with Crippen LogP contribution < -0.4 is 10.1 Å². The molecule has 2 aromatic carbocycles. The first-order valence-corrected chi connectivity index (χ1v) is 8.01. The van der Waals surface area contributed by atoms with Gasteiger partial charge in [-0.05, 0) is 31.2 Å². The van der Waals surface area contributed by atoms with Crippen molar-refractivity contribution in [3.8, 4) is 11.4 Å². The summed E-state index contributed by atoms with van der Waals surface area (Å²) in [4.78, 5) is 22.8. The fraction of sp³-hybridized carbons (Fsp3) is 0.111. The van der Waals surface area contributed by atoms with E-state index in [1.165, 1.54) is 54.2 Å². The van der Waals surface area contributed by atoms with E-state index in [9.17, 15) is 23.7 Å². The number of nitrogens with one attached hydrogen (secondary N) is 1. The van der Waals surface area contributed by atoms with Gasteiger partial charge in [0.05, 0.1) is 10.6 Å². The van der Waals surface area contributed by atoms with Crippen LogP contribution in [0.2, 0.25) is 0 Å². The number of anilines is 1. The number of rotatable bonds is 6. The molecule has 0 aliphatic rings. The number of carbonyl (C=O) groups excluding carboxylic acids is 1. The minimum absolute atomic E-state index is 0.0464. The van der Waals surface area contributed by atoms with Crippen LogP contribution >= 0.6 is 0 Å². The van der Waals surface area contributed by atoms with Gasteiger partial charge in [-0.25, -0.2) is 4.68 Å². The highest BCUT2D eigenvalue weighted by Crippen LogP contribution is 2.27. The highest BCUT2D eigenvalue weighted by atomic mass is 19.3. The second kappa shape index (κ2) is 7.82. The SMILES string of the molecule is Cc1c(NC(=O)c2ccn(-c3cccc([N+](=O)[O-])c3)n2)cccc1OC(F)F. The summed E-state index contributed by atoms with van der Waals surface area (Å²) in [5.41, 5.74) is 0.996. The van der Waals surface area contributed by atoms with Gasteiger partial charge in [0.25, 0.3) is 11.6 Å². The van der Waals surface area contributed by atoms with Gasteiger partial charge in [0.1, 0.15) is 5.75 Å². The molecule has 1 amide bonds. The molecule has 0 saturated heterocycles. The molecule has 1 heterocycles. The van der Waals surface area contributed by atoms with Gasteiger partial charge in [0, 0.05) is 29.6 Å². The van der Waals surface area contributed by atoms with E-state index in [-0.39, 0.29) is 17.1 Å². The van der Waals surface area contributed by atoms with E-state index >= 15 is 0 Å². The Bertz CT molecular complexity index is 1040. The van der Waals surface area contributed by atoms with Gasteiger partial charge in [-0.15, -0.1) is 0 Å². The van der Waals surface area contributed by atoms with Gasteiger partial charge in [-0.3, -0.25) is 14.9 Å². The number of nitro benzene ring substituents is 1. The molecule has 10 heteroatoms. The van der Waals surface area contributed by atoms with Crippen molar-refractivity contribution in [1.82, 2.24) is 9.78 Å². The van der Waals surface area contributed by atoms with Crippen molar-refractivity contribution in [3.63, 3.8) is 0 Å². The molecule has 1 aromatic heterocycles. The lowest BCUT2D eigenvalue weighted by molar-refractivity contribution is -0.384. The summed E-state index contributed by atoms with van der Waals surface area (Å²) in [5.74, 6) is -0.614. The largest absolute Gasteiger partial charge is 0.434 e. The van der Waals surface area contributed by atoms with Gasteiger partial charge in [0.2, 0.25) is 0 Å². The molecule has 0 unspecified atom stereocenters. The molecule has 8 nitrogen and oxygen atoms in total. The van der Waals surface area contributed by atoms with Crippen LogP contribution in [-0.4, -0.2) is 27.2 Å². The van der Waals surface area contributed by atoms with Gasteiger partial charge in [0.15, 0.2) is 5.69 Å². The second-order valence-corrected chi connectivity index (χ2v) is 5.68. The van der Waals surface area contributed by atoms with Crippen molar-refractivity contribution in [2.75, 3.05) is 5.32 Å². The lowest BCUT2D eigenvalue weighted by Gasteiger charge is -2.12. The minimum atomic E-state index is -2.98. The molecule has 0 fully saturated rings. The van der Waals surface area contributed by atoms with Crippen molar-refractivity contribution >= 4 is 17.3 Å². The zero-order valence-corrected chi connectivity index (χ0v) is 14.5. The Labute approximate surface area is 157 Å². The zero-order chi connectivity index (χ0) is 20.3. The normalized spacial score (nSPS) is 10.7. The molecule has 1 N–H and O–H groups in total. The van der Waals surface area contributed by atoms with E-state index < -0.39 is 17.4 Å². The third kappa shape index (κ3) is 4.11. The van der Waals surface area contributed by atoms with Gasteiger partial charge in [-0.1, -0.05) is 12.1 Å². The van der Waals surface area contributed by atoms with E-state index in [2.05, 4.69) is 15.2 Å². The lowest BCUT2D eigenvalue weighted by Crippen LogP contribution is -2.14. The number of amides is 1. The number of nitro groups is 1. The van der Waals surface area contributed by atoms with Crippen LogP contribution in [0.4, 0.5) is 20.2 Å². The number of hydrogen-bond donors (Lipinski definition) is 1. The van der Waals surface area contributed by atoms with E-state index in [1.807, 2.05) is 0 Å². The zero-order valence-electron chi connectivity index (χ0n) is 14.5. The molecule has 0 aliphatic heterocycles. The Kier molecular flexibility index (Phi) is 5.30. The fourth-order valence-corrected chi connectivity index (χ4v) is 2.50. The first-order valence-electron chi connectivity index (χ1n) is 8.01. The Morgan fingerprint density at radius 2 is 2.00 bits per heavy atom. The van der Waals surface area contributed by atoms with Crippen LogP contribution in [0.15, 0.2) is 54.7 Å². The third-order valence-electron chi connectivity index (χ3n) is 3.88. The molecule has 0 aliphatic carbocycles. The van der Waals surface area contributed by atoms with Crippen molar-refractivity contribution in [2.24, 2.45) is 0 Å². The smallest absolute Gasteiger partial charge is 0.387 e. The minimum Gasteiger partial charge on any atom is -0.434 e. The average Bonchev–Trinajstić information content (AvgIpc) is 3.15. The maximum Gasteiger partial charge on any atom is 0.387 e. The number of alkyl halides is 2. The molecule has 0 radical (unpaired) electrons. The maximum atomic E-state index is 12.4. The second-order valence-electron chi connectivity index (χ2n) is 5.68. The van der Waals surface area contributed by atoms with Crippen molar-refractivity contribution in [1.29, 1.82) is 0 Å². The molecule has 3 aromatic rings. The summed E-state index contributed by atoms with van der Waals surface area (Å²) < 4.78 is 30.6. The van der Waals surface area contributed by atoms with E-state index in [0.29, 0.717) is 16.9 Å². The monoisotopic (exact) mass is 388 g/mol. The van der Waals surface area contributed by atoms with Crippen molar-refractivity contribution in [3.05, 3.63) is 76.1 Å². The quantitative estimate of drug-likeness (QED) is 0.509. The standard InChI is InChI=1S/C18H14F2N4O4/c1-11-14(6-3-7-16(11)28-18(19)20)21-17(25)15-8-9-23(22-15)12-4-2-5-13(10-12)24(26)27/h2-10,18H,1H3,(H,21,25). The molecular formula is C18H14F2N4O4. The average molecular weight is 388 g/mol. The Morgan fingerprint density at radius 1 is 1.25 bits per heavy atom. The Hall–Kier alpha value is -3.82. The number of halogens is 2.